The average molecular weight is 315 g/mol. The average Bonchev–Trinajstić information content (AvgIpc) is 2.52. The highest BCUT2D eigenvalue weighted by Gasteiger charge is 2.20. The quantitative estimate of drug-likeness (QED) is 0.765. The van der Waals surface area contributed by atoms with E-state index in [1.807, 2.05) is 69.2 Å². The van der Waals surface area contributed by atoms with Gasteiger partial charge in [-0.1, -0.05) is 24.3 Å². The SMILES string of the molecule is COc1ccc2cc(C(C)C(=O)OC(C)CN(C)C)ccc2c1. The summed E-state index contributed by atoms with van der Waals surface area (Å²) in [4.78, 5) is 14.3. The van der Waals surface area contributed by atoms with Gasteiger partial charge in [-0.05, 0) is 56.4 Å². The number of hydrogen-bond acceptors (Lipinski definition) is 4. The van der Waals surface area contributed by atoms with Crippen molar-refractivity contribution in [2.24, 2.45) is 0 Å². The molecular weight excluding hydrogens is 290 g/mol. The molecule has 0 saturated carbocycles. The van der Waals surface area contributed by atoms with Crippen LogP contribution in [0.15, 0.2) is 36.4 Å². The second-order valence-corrected chi connectivity index (χ2v) is 6.20. The lowest BCUT2D eigenvalue weighted by Gasteiger charge is -2.20. The molecule has 0 spiro atoms. The standard InChI is InChI=1S/C19H25NO3/c1-13(12-20(3)4)23-19(21)14(2)15-6-7-17-11-18(22-5)9-8-16(17)10-15/h6-11,13-14H,12H2,1-5H3. The topological polar surface area (TPSA) is 38.8 Å². The van der Waals surface area contributed by atoms with E-state index in [1.165, 1.54) is 0 Å². The van der Waals surface area contributed by atoms with E-state index in [4.69, 9.17) is 9.47 Å². The van der Waals surface area contributed by atoms with Crippen molar-refractivity contribution in [2.45, 2.75) is 25.9 Å². The van der Waals surface area contributed by atoms with Gasteiger partial charge in [0.15, 0.2) is 0 Å². The number of hydrogen-bond donors (Lipinski definition) is 0. The lowest BCUT2D eigenvalue weighted by molar-refractivity contribution is -0.150. The van der Waals surface area contributed by atoms with E-state index < -0.39 is 0 Å². The summed E-state index contributed by atoms with van der Waals surface area (Å²) in [5.74, 6) is 0.355. The maximum Gasteiger partial charge on any atom is 0.313 e. The Hall–Kier alpha value is -2.07. The van der Waals surface area contributed by atoms with E-state index in [0.29, 0.717) is 0 Å². The molecule has 0 aliphatic rings. The van der Waals surface area contributed by atoms with Crippen LogP contribution in [0.25, 0.3) is 10.8 Å². The first-order chi connectivity index (χ1) is 10.9. The molecule has 0 bridgehead atoms. The molecule has 4 nitrogen and oxygen atoms in total. The lowest BCUT2D eigenvalue weighted by atomic mass is 9.98. The van der Waals surface area contributed by atoms with Crippen LogP contribution in [-0.4, -0.2) is 44.7 Å². The number of nitrogens with zero attached hydrogens (tertiary/aromatic N) is 1. The Balaban J connectivity index is 2.14. The van der Waals surface area contributed by atoms with Crippen LogP contribution in [0, 0.1) is 0 Å². The molecular formula is C19H25NO3. The van der Waals surface area contributed by atoms with Crippen LogP contribution < -0.4 is 4.74 Å². The first kappa shape index (κ1) is 17.3. The number of fused-ring (bicyclic) bond motifs is 1. The highest BCUT2D eigenvalue weighted by molar-refractivity contribution is 5.86. The Labute approximate surface area is 138 Å². The number of esters is 1. The van der Waals surface area contributed by atoms with Crippen molar-refractivity contribution in [1.29, 1.82) is 0 Å². The third-order valence-corrected chi connectivity index (χ3v) is 3.86. The Kier molecular flexibility index (Phi) is 5.61. The number of likely N-dealkylation sites (N-methyl/N-ethyl adjacent to an activating group) is 1. The molecule has 0 radical (unpaired) electrons. The zero-order valence-electron chi connectivity index (χ0n) is 14.5. The molecule has 4 heteroatoms. The van der Waals surface area contributed by atoms with E-state index in [9.17, 15) is 4.79 Å². The third-order valence-electron chi connectivity index (χ3n) is 3.86. The van der Waals surface area contributed by atoms with Crippen molar-refractivity contribution in [3.8, 4) is 5.75 Å². The lowest BCUT2D eigenvalue weighted by Crippen LogP contribution is -2.29. The van der Waals surface area contributed by atoms with Gasteiger partial charge in [0.1, 0.15) is 11.9 Å². The number of carbonyl (C=O) groups excluding carboxylic acids is 1. The molecule has 23 heavy (non-hydrogen) atoms. The first-order valence-electron chi connectivity index (χ1n) is 7.83. The summed E-state index contributed by atoms with van der Waals surface area (Å²) in [5.41, 5.74) is 0.963. The monoisotopic (exact) mass is 315 g/mol. The molecule has 0 aliphatic heterocycles. The van der Waals surface area contributed by atoms with Gasteiger partial charge in [0.2, 0.25) is 0 Å². The Morgan fingerprint density at radius 1 is 1.09 bits per heavy atom. The van der Waals surface area contributed by atoms with Gasteiger partial charge in [-0.15, -0.1) is 0 Å². The zero-order chi connectivity index (χ0) is 17.0. The van der Waals surface area contributed by atoms with Gasteiger partial charge < -0.3 is 14.4 Å². The Morgan fingerprint density at radius 3 is 2.39 bits per heavy atom. The molecule has 0 saturated heterocycles. The van der Waals surface area contributed by atoms with Crippen molar-refractivity contribution in [1.82, 2.24) is 4.90 Å². The van der Waals surface area contributed by atoms with Crippen molar-refractivity contribution < 1.29 is 14.3 Å². The van der Waals surface area contributed by atoms with Crippen LogP contribution >= 0.6 is 0 Å². The van der Waals surface area contributed by atoms with E-state index >= 15 is 0 Å². The van der Waals surface area contributed by atoms with Crippen molar-refractivity contribution in [3.63, 3.8) is 0 Å². The number of rotatable bonds is 6. The Bertz CT molecular complexity index is 681. The van der Waals surface area contributed by atoms with Gasteiger partial charge in [0.25, 0.3) is 0 Å². The van der Waals surface area contributed by atoms with Crippen molar-refractivity contribution in [2.75, 3.05) is 27.7 Å². The summed E-state index contributed by atoms with van der Waals surface area (Å²) in [7, 11) is 5.58. The maximum absolute atomic E-state index is 12.3. The fourth-order valence-corrected chi connectivity index (χ4v) is 2.63. The van der Waals surface area contributed by atoms with Gasteiger partial charge in [-0.3, -0.25) is 4.79 Å². The third kappa shape index (κ3) is 4.45. The minimum Gasteiger partial charge on any atom is -0.497 e. The molecule has 2 rings (SSSR count). The maximum atomic E-state index is 12.3. The summed E-state index contributed by atoms with van der Waals surface area (Å²) in [6, 6.07) is 11.9. The molecule has 0 fully saturated rings. The minimum absolute atomic E-state index is 0.121. The molecule has 0 aromatic heterocycles. The first-order valence-corrected chi connectivity index (χ1v) is 7.83. The number of ether oxygens (including phenoxy) is 2. The second kappa shape index (κ2) is 7.47. The predicted octanol–water partition coefficient (Wildman–Crippen LogP) is 3.45. The van der Waals surface area contributed by atoms with Crippen LogP contribution in [0.1, 0.15) is 25.3 Å². The molecule has 0 amide bonds. The van der Waals surface area contributed by atoms with Crippen LogP contribution in [0.3, 0.4) is 0 Å². The predicted molar refractivity (Wildman–Crippen MR) is 93.0 cm³/mol. The minimum atomic E-state index is -0.286. The number of carbonyl (C=O) groups is 1. The highest BCUT2D eigenvalue weighted by atomic mass is 16.5. The van der Waals surface area contributed by atoms with Crippen molar-refractivity contribution in [3.05, 3.63) is 42.0 Å². The van der Waals surface area contributed by atoms with Crippen LogP contribution in [-0.2, 0) is 9.53 Å². The molecule has 0 heterocycles. The summed E-state index contributed by atoms with van der Waals surface area (Å²) in [6.45, 7) is 4.52. The van der Waals surface area contributed by atoms with E-state index in [0.717, 1.165) is 28.6 Å². The highest BCUT2D eigenvalue weighted by Crippen LogP contribution is 2.26. The smallest absolute Gasteiger partial charge is 0.313 e. The Morgan fingerprint density at radius 2 is 1.74 bits per heavy atom. The van der Waals surface area contributed by atoms with Crippen LogP contribution in [0.2, 0.25) is 0 Å². The summed E-state index contributed by atoms with van der Waals surface area (Å²) >= 11 is 0. The number of methoxy groups -OCH3 is 1. The van der Waals surface area contributed by atoms with Gasteiger partial charge >= 0.3 is 5.97 Å². The van der Waals surface area contributed by atoms with Crippen LogP contribution in [0.4, 0.5) is 0 Å². The van der Waals surface area contributed by atoms with Crippen LogP contribution in [0.5, 0.6) is 5.75 Å². The summed E-state index contributed by atoms with van der Waals surface area (Å²) < 4.78 is 10.8. The molecule has 2 unspecified atom stereocenters. The van der Waals surface area contributed by atoms with E-state index in [-0.39, 0.29) is 18.0 Å². The van der Waals surface area contributed by atoms with Crippen molar-refractivity contribution >= 4 is 16.7 Å². The fourth-order valence-electron chi connectivity index (χ4n) is 2.63. The van der Waals surface area contributed by atoms with Gasteiger partial charge in [-0.25, -0.2) is 0 Å². The number of benzene rings is 2. The van der Waals surface area contributed by atoms with Gasteiger partial charge in [-0.2, -0.15) is 0 Å². The summed E-state index contributed by atoms with van der Waals surface area (Å²) in [6.07, 6.45) is -0.121. The molecule has 2 aromatic rings. The van der Waals surface area contributed by atoms with Gasteiger partial charge in [0.05, 0.1) is 13.0 Å². The summed E-state index contributed by atoms with van der Waals surface area (Å²) in [5, 5.41) is 2.18. The zero-order valence-corrected chi connectivity index (χ0v) is 14.5. The molecule has 124 valence electrons. The largest absolute Gasteiger partial charge is 0.497 e. The molecule has 2 aromatic carbocycles. The molecule has 0 N–H and O–H groups in total. The normalized spacial score (nSPS) is 13.8. The fraction of sp³-hybridized carbons (Fsp3) is 0.421. The van der Waals surface area contributed by atoms with E-state index in [1.54, 1.807) is 7.11 Å². The van der Waals surface area contributed by atoms with E-state index in [2.05, 4.69) is 0 Å². The molecule has 0 aliphatic carbocycles. The van der Waals surface area contributed by atoms with Gasteiger partial charge in [0, 0.05) is 6.54 Å². The second-order valence-electron chi connectivity index (χ2n) is 6.20. The molecule has 2 atom stereocenters.